The topological polar surface area (TPSA) is 78.5 Å². The van der Waals surface area contributed by atoms with Crippen LogP contribution in [0.2, 0.25) is 0 Å². The highest BCUT2D eigenvalue weighted by atomic mass is 32.1. The minimum atomic E-state index is -0.691. The molecule has 0 radical (unpaired) electrons. The molecular weight excluding hydrogens is 458 g/mol. The van der Waals surface area contributed by atoms with Gasteiger partial charge in [-0.15, -0.1) is 11.3 Å². The molecule has 1 aromatic heterocycles. The second-order valence-corrected chi connectivity index (χ2v) is 10.8. The van der Waals surface area contributed by atoms with Crippen LogP contribution in [0.15, 0.2) is 60.7 Å². The Labute approximate surface area is 210 Å². The number of rotatable bonds is 8. The Kier molecular flexibility index (Phi) is 8.31. The fourth-order valence-corrected chi connectivity index (χ4v) is 5.48. The number of benzene rings is 2. The van der Waals surface area contributed by atoms with E-state index in [1.54, 1.807) is 0 Å². The van der Waals surface area contributed by atoms with E-state index in [0.29, 0.717) is 30.8 Å². The van der Waals surface area contributed by atoms with Gasteiger partial charge in [0, 0.05) is 11.2 Å². The van der Waals surface area contributed by atoms with Crippen molar-refractivity contribution in [2.24, 2.45) is 5.92 Å². The SMILES string of the molecule is CC(C)CC(NC(=O)c1cc2ccccc2s1)C(=O)NC1CCCN(Cc2ccccc2)CC1=O. The fourth-order valence-electron chi connectivity index (χ4n) is 4.52. The van der Waals surface area contributed by atoms with Crippen molar-refractivity contribution in [3.05, 3.63) is 71.1 Å². The van der Waals surface area contributed by atoms with Crippen LogP contribution in [-0.4, -0.2) is 47.7 Å². The summed E-state index contributed by atoms with van der Waals surface area (Å²) in [5.41, 5.74) is 1.17. The Balaban J connectivity index is 1.39. The van der Waals surface area contributed by atoms with Crippen LogP contribution >= 0.6 is 11.3 Å². The van der Waals surface area contributed by atoms with Crippen molar-refractivity contribution < 1.29 is 14.4 Å². The van der Waals surface area contributed by atoms with Crippen molar-refractivity contribution in [3.63, 3.8) is 0 Å². The van der Waals surface area contributed by atoms with Gasteiger partial charge < -0.3 is 10.6 Å². The average Bonchev–Trinajstić information content (AvgIpc) is 3.20. The number of hydrogen-bond donors (Lipinski definition) is 2. The number of carbonyl (C=O) groups excluding carboxylic acids is 3. The molecule has 4 rings (SSSR count). The van der Waals surface area contributed by atoms with Crippen molar-refractivity contribution in [1.29, 1.82) is 0 Å². The minimum absolute atomic E-state index is 0.0194. The summed E-state index contributed by atoms with van der Waals surface area (Å²) in [5, 5.41) is 6.89. The van der Waals surface area contributed by atoms with Crippen LogP contribution in [0.4, 0.5) is 0 Å². The Morgan fingerprint density at radius 2 is 1.83 bits per heavy atom. The van der Waals surface area contributed by atoms with E-state index in [4.69, 9.17) is 0 Å². The van der Waals surface area contributed by atoms with Gasteiger partial charge in [0.05, 0.1) is 17.5 Å². The molecule has 1 fully saturated rings. The van der Waals surface area contributed by atoms with E-state index < -0.39 is 12.1 Å². The maximum atomic E-state index is 13.2. The third kappa shape index (κ3) is 6.77. The van der Waals surface area contributed by atoms with E-state index in [9.17, 15) is 14.4 Å². The molecule has 2 heterocycles. The Hall–Kier alpha value is -3.03. The molecule has 1 saturated heterocycles. The first kappa shape index (κ1) is 25.1. The first-order valence-corrected chi connectivity index (χ1v) is 13.1. The molecule has 2 atom stereocenters. The number of carbonyl (C=O) groups is 3. The second kappa shape index (κ2) is 11.6. The standard InChI is InChI=1S/C28H33N3O3S/c1-19(2)15-23(30-28(34)26-16-21-11-6-7-13-25(21)35-26)27(33)29-22-12-8-14-31(18-24(22)32)17-20-9-4-3-5-10-20/h3-7,9-11,13,16,19,22-23H,8,12,14-15,17-18H2,1-2H3,(H,29,33)(H,30,34). The number of nitrogens with zero attached hydrogens (tertiary/aromatic N) is 1. The van der Waals surface area contributed by atoms with Gasteiger partial charge in [-0.05, 0) is 54.8 Å². The van der Waals surface area contributed by atoms with Crippen molar-refractivity contribution in [1.82, 2.24) is 15.5 Å². The predicted molar refractivity (Wildman–Crippen MR) is 140 cm³/mol. The molecule has 35 heavy (non-hydrogen) atoms. The third-order valence-corrected chi connectivity index (χ3v) is 7.39. The van der Waals surface area contributed by atoms with Gasteiger partial charge in [-0.3, -0.25) is 19.3 Å². The smallest absolute Gasteiger partial charge is 0.262 e. The Morgan fingerprint density at radius 1 is 1.09 bits per heavy atom. The Morgan fingerprint density at radius 3 is 2.57 bits per heavy atom. The summed E-state index contributed by atoms with van der Waals surface area (Å²) in [6, 6.07) is 18.6. The highest BCUT2D eigenvalue weighted by Gasteiger charge is 2.30. The zero-order valence-corrected chi connectivity index (χ0v) is 21.1. The van der Waals surface area contributed by atoms with Gasteiger partial charge in [0.15, 0.2) is 5.78 Å². The van der Waals surface area contributed by atoms with Crippen molar-refractivity contribution in [2.75, 3.05) is 13.1 Å². The van der Waals surface area contributed by atoms with Crippen molar-refractivity contribution in [2.45, 2.75) is 51.7 Å². The van der Waals surface area contributed by atoms with E-state index in [1.807, 2.05) is 62.4 Å². The van der Waals surface area contributed by atoms with Gasteiger partial charge >= 0.3 is 0 Å². The zero-order valence-electron chi connectivity index (χ0n) is 20.3. The number of Topliss-reactive ketones (excluding diaryl/α,β-unsaturated/α-hetero) is 1. The number of thiophene rings is 1. The molecule has 1 aliphatic rings. The summed E-state index contributed by atoms with van der Waals surface area (Å²) in [5.74, 6) is -0.318. The van der Waals surface area contributed by atoms with Crippen LogP contribution in [0.3, 0.4) is 0 Å². The maximum Gasteiger partial charge on any atom is 0.262 e. The number of likely N-dealkylation sites (tertiary alicyclic amines) is 1. The summed E-state index contributed by atoms with van der Waals surface area (Å²) in [6.07, 6.45) is 1.94. The number of fused-ring (bicyclic) bond motifs is 1. The normalized spacial score (nSPS) is 17.8. The van der Waals surface area contributed by atoms with Gasteiger partial charge in [-0.1, -0.05) is 62.4 Å². The molecule has 2 N–H and O–H groups in total. The van der Waals surface area contributed by atoms with Crippen molar-refractivity contribution in [3.8, 4) is 0 Å². The lowest BCUT2D eigenvalue weighted by atomic mass is 10.0. The first-order valence-electron chi connectivity index (χ1n) is 12.3. The summed E-state index contributed by atoms with van der Waals surface area (Å²) >= 11 is 1.41. The summed E-state index contributed by atoms with van der Waals surface area (Å²) in [6.45, 7) is 5.87. The predicted octanol–water partition coefficient (Wildman–Crippen LogP) is 4.40. The second-order valence-electron chi connectivity index (χ2n) is 9.67. The number of amides is 2. The summed E-state index contributed by atoms with van der Waals surface area (Å²) in [7, 11) is 0. The molecule has 1 aliphatic heterocycles. The average molecular weight is 492 g/mol. The minimum Gasteiger partial charge on any atom is -0.344 e. The number of ketones is 1. The van der Waals surface area contributed by atoms with Gasteiger partial charge in [0.2, 0.25) is 5.91 Å². The van der Waals surface area contributed by atoms with Gasteiger partial charge in [0.25, 0.3) is 5.91 Å². The van der Waals surface area contributed by atoms with E-state index in [2.05, 4.69) is 27.7 Å². The lowest BCUT2D eigenvalue weighted by Gasteiger charge is -2.23. The number of hydrogen-bond acceptors (Lipinski definition) is 5. The lowest BCUT2D eigenvalue weighted by molar-refractivity contribution is -0.129. The van der Waals surface area contributed by atoms with E-state index in [-0.39, 0.29) is 23.5 Å². The monoisotopic (exact) mass is 491 g/mol. The van der Waals surface area contributed by atoms with Gasteiger partial charge in [-0.2, -0.15) is 0 Å². The summed E-state index contributed by atoms with van der Waals surface area (Å²) < 4.78 is 1.03. The molecule has 6 nitrogen and oxygen atoms in total. The molecule has 3 aromatic rings. The van der Waals surface area contributed by atoms with E-state index in [0.717, 1.165) is 23.1 Å². The van der Waals surface area contributed by atoms with Crippen LogP contribution < -0.4 is 10.6 Å². The zero-order chi connectivity index (χ0) is 24.8. The lowest BCUT2D eigenvalue weighted by Crippen LogP contribution is -2.52. The summed E-state index contributed by atoms with van der Waals surface area (Å²) in [4.78, 5) is 41.9. The van der Waals surface area contributed by atoms with Crippen molar-refractivity contribution >= 4 is 39.0 Å². The molecule has 0 aliphatic carbocycles. The largest absolute Gasteiger partial charge is 0.344 e. The van der Waals surface area contributed by atoms with Crippen LogP contribution in [-0.2, 0) is 16.1 Å². The van der Waals surface area contributed by atoms with Crippen LogP contribution in [0.5, 0.6) is 0 Å². The molecular formula is C28H33N3O3S. The first-order chi connectivity index (χ1) is 16.9. The molecule has 184 valence electrons. The van der Waals surface area contributed by atoms with Gasteiger partial charge in [0.1, 0.15) is 6.04 Å². The van der Waals surface area contributed by atoms with Crippen LogP contribution in [0, 0.1) is 5.92 Å². The molecule has 2 unspecified atom stereocenters. The Bertz CT molecular complexity index is 1140. The molecule has 2 amide bonds. The highest BCUT2D eigenvalue weighted by Crippen LogP contribution is 2.25. The van der Waals surface area contributed by atoms with E-state index in [1.165, 1.54) is 16.9 Å². The van der Waals surface area contributed by atoms with Crippen LogP contribution in [0.25, 0.3) is 10.1 Å². The quantitative estimate of drug-likeness (QED) is 0.490. The molecule has 0 saturated carbocycles. The number of nitrogens with one attached hydrogen (secondary N) is 2. The highest BCUT2D eigenvalue weighted by molar-refractivity contribution is 7.20. The van der Waals surface area contributed by atoms with Crippen LogP contribution in [0.1, 0.15) is 48.3 Å². The molecule has 7 heteroatoms. The molecule has 2 aromatic carbocycles. The maximum absolute atomic E-state index is 13.2. The van der Waals surface area contributed by atoms with E-state index >= 15 is 0 Å². The molecule has 0 spiro atoms. The fraction of sp³-hybridized carbons (Fsp3) is 0.393. The third-order valence-electron chi connectivity index (χ3n) is 6.28. The molecule has 0 bridgehead atoms. The van der Waals surface area contributed by atoms with Gasteiger partial charge in [-0.25, -0.2) is 0 Å².